The van der Waals surface area contributed by atoms with Crippen molar-refractivity contribution in [2.45, 2.75) is 50.2 Å². The molecule has 0 aromatic heterocycles. The van der Waals surface area contributed by atoms with Gasteiger partial charge in [-0.3, -0.25) is 0 Å². The lowest BCUT2D eigenvalue weighted by atomic mass is 9.92. The van der Waals surface area contributed by atoms with Crippen molar-refractivity contribution in [2.24, 2.45) is 0 Å². The van der Waals surface area contributed by atoms with Gasteiger partial charge < -0.3 is 10.1 Å². The first kappa shape index (κ1) is 13.7. The minimum Gasteiger partial charge on any atom is -0.370 e. The Morgan fingerprint density at radius 1 is 1.31 bits per heavy atom. The third-order valence-corrected chi connectivity index (χ3v) is 2.88. The lowest BCUT2D eigenvalue weighted by Crippen LogP contribution is -2.44. The number of nitrogens with one attached hydrogen (secondary N) is 1. The zero-order valence-electron chi connectivity index (χ0n) is 9.19. The second-order valence-electron chi connectivity index (χ2n) is 4.09. The second-order valence-corrected chi connectivity index (χ2v) is 4.09. The highest BCUT2D eigenvalue weighted by Gasteiger charge is 2.42. The first-order chi connectivity index (χ1) is 7.47. The fourth-order valence-corrected chi connectivity index (χ4v) is 1.91. The van der Waals surface area contributed by atoms with Crippen molar-refractivity contribution in [1.29, 1.82) is 0 Å². The summed E-state index contributed by atoms with van der Waals surface area (Å²) in [4.78, 5) is 0. The summed E-state index contributed by atoms with van der Waals surface area (Å²) >= 11 is 0. The summed E-state index contributed by atoms with van der Waals surface area (Å²) in [5.74, 6) is -4.05. The molecule has 96 valence electrons. The third-order valence-electron chi connectivity index (χ3n) is 2.88. The molecule has 2 unspecified atom stereocenters. The second kappa shape index (κ2) is 5.82. The van der Waals surface area contributed by atoms with Crippen LogP contribution < -0.4 is 5.32 Å². The average molecular weight is 243 g/mol. The number of halogens is 4. The van der Waals surface area contributed by atoms with Crippen LogP contribution in [0.15, 0.2) is 0 Å². The van der Waals surface area contributed by atoms with Crippen molar-refractivity contribution in [3.8, 4) is 0 Å². The minimum absolute atomic E-state index is 0.0118. The number of ether oxygens (including phenoxy) is 1. The number of hydrogen-bond donors (Lipinski definition) is 1. The summed E-state index contributed by atoms with van der Waals surface area (Å²) in [6, 6.07) is -0.0118. The van der Waals surface area contributed by atoms with Crippen molar-refractivity contribution < 1.29 is 22.3 Å². The lowest BCUT2D eigenvalue weighted by molar-refractivity contribution is -0.180. The van der Waals surface area contributed by atoms with Crippen LogP contribution in [0.3, 0.4) is 0 Å². The quantitative estimate of drug-likeness (QED) is 0.749. The topological polar surface area (TPSA) is 21.3 Å². The molecule has 0 saturated heterocycles. The van der Waals surface area contributed by atoms with Gasteiger partial charge >= 0.3 is 12.3 Å². The van der Waals surface area contributed by atoms with E-state index in [0.29, 0.717) is 6.42 Å². The van der Waals surface area contributed by atoms with Crippen LogP contribution in [0.1, 0.15) is 25.7 Å². The van der Waals surface area contributed by atoms with E-state index in [9.17, 15) is 17.6 Å². The Bertz CT molecular complexity index is 213. The molecule has 2 atom stereocenters. The molecule has 1 aliphatic carbocycles. The first-order valence-corrected chi connectivity index (χ1v) is 5.42. The van der Waals surface area contributed by atoms with E-state index in [-0.39, 0.29) is 12.1 Å². The highest BCUT2D eigenvalue weighted by molar-refractivity contribution is 4.81. The molecule has 16 heavy (non-hydrogen) atoms. The molecule has 1 rings (SSSR count). The van der Waals surface area contributed by atoms with E-state index < -0.39 is 19.0 Å². The standard InChI is InChI=1S/C10H17F4NO/c1-15-7-4-2-3-5-8(7)16-6-10(13,14)9(11)12/h7-9,15H,2-6H2,1H3. The van der Waals surface area contributed by atoms with E-state index in [1.165, 1.54) is 0 Å². The molecule has 1 N–H and O–H groups in total. The zero-order valence-corrected chi connectivity index (χ0v) is 9.19. The van der Waals surface area contributed by atoms with E-state index >= 15 is 0 Å². The molecule has 1 saturated carbocycles. The van der Waals surface area contributed by atoms with Gasteiger partial charge in [-0.2, -0.15) is 8.78 Å². The predicted octanol–water partition coefficient (Wildman–Crippen LogP) is 2.43. The monoisotopic (exact) mass is 243 g/mol. The van der Waals surface area contributed by atoms with Crippen LogP contribution in [0.5, 0.6) is 0 Å². The van der Waals surface area contributed by atoms with Gasteiger partial charge in [0.1, 0.15) is 6.61 Å². The number of likely N-dealkylation sites (N-methyl/N-ethyl adjacent to an activating group) is 1. The Labute approximate surface area is 92.3 Å². The molecular formula is C10H17F4NO. The summed E-state index contributed by atoms with van der Waals surface area (Å²) in [6.45, 7) is -1.20. The molecular weight excluding hydrogens is 226 g/mol. The molecule has 0 amide bonds. The highest BCUT2D eigenvalue weighted by Crippen LogP contribution is 2.27. The van der Waals surface area contributed by atoms with E-state index in [4.69, 9.17) is 4.74 Å². The van der Waals surface area contributed by atoms with E-state index in [2.05, 4.69) is 5.32 Å². The summed E-state index contributed by atoms with van der Waals surface area (Å²) in [6.07, 6.45) is -0.668. The van der Waals surface area contributed by atoms with Crippen molar-refractivity contribution in [1.82, 2.24) is 5.32 Å². The number of rotatable bonds is 5. The van der Waals surface area contributed by atoms with Gasteiger partial charge in [0, 0.05) is 6.04 Å². The van der Waals surface area contributed by atoms with Crippen molar-refractivity contribution in [3.63, 3.8) is 0 Å². The van der Waals surface area contributed by atoms with Crippen molar-refractivity contribution >= 4 is 0 Å². The molecule has 0 bridgehead atoms. The van der Waals surface area contributed by atoms with E-state index in [1.54, 1.807) is 7.05 Å². The molecule has 0 heterocycles. The summed E-state index contributed by atoms with van der Waals surface area (Å²) in [7, 11) is 1.72. The van der Waals surface area contributed by atoms with Crippen LogP contribution in [0.25, 0.3) is 0 Å². The zero-order chi connectivity index (χ0) is 12.2. The van der Waals surface area contributed by atoms with E-state index in [1.807, 2.05) is 0 Å². The molecule has 1 fully saturated rings. The van der Waals surface area contributed by atoms with Gasteiger partial charge in [0.15, 0.2) is 0 Å². The summed E-state index contributed by atoms with van der Waals surface area (Å²) < 4.78 is 54.0. The largest absolute Gasteiger partial charge is 0.370 e. The SMILES string of the molecule is CNC1CCCCC1OCC(F)(F)C(F)F. The summed E-state index contributed by atoms with van der Waals surface area (Å²) in [5, 5.41) is 2.96. The fourth-order valence-electron chi connectivity index (χ4n) is 1.91. The van der Waals surface area contributed by atoms with Crippen LogP contribution >= 0.6 is 0 Å². The first-order valence-electron chi connectivity index (χ1n) is 5.42. The Kier molecular flexibility index (Phi) is 4.98. The van der Waals surface area contributed by atoms with Crippen LogP contribution in [0, 0.1) is 0 Å². The fraction of sp³-hybridized carbons (Fsp3) is 1.00. The molecule has 2 nitrogen and oxygen atoms in total. The van der Waals surface area contributed by atoms with Gasteiger partial charge in [-0.25, -0.2) is 8.78 Å². The smallest absolute Gasteiger partial charge is 0.330 e. The predicted molar refractivity (Wildman–Crippen MR) is 52.0 cm³/mol. The van der Waals surface area contributed by atoms with Gasteiger partial charge in [-0.05, 0) is 19.9 Å². The Morgan fingerprint density at radius 3 is 2.50 bits per heavy atom. The summed E-state index contributed by atoms with van der Waals surface area (Å²) in [5.41, 5.74) is 0. The maximum absolute atomic E-state index is 12.6. The normalized spacial score (nSPS) is 27.4. The maximum atomic E-state index is 12.6. The molecule has 1 aliphatic rings. The number of alkyl halides is 4. The van der Waals surface area contributed by atoms with Gasteiger partial charge in [-0.1, -0.05) is 12.8 Å². The molecule has 0 radical (unpaired) electrons. The molecule has 0 aromatic rings. The Hall–Kier alpha value is -0.360. The molecule has 0 aliphatic heterocycles. The van der Waals surface area contributed by atoms with Crippen LogP contribution in [0.2, 0.25) is 0 Å². The van der Waals surface area contributed by atoms with Gasteiger partial charge in [-0.15, -0.1) is 0 Å². The van der Waals surface area contributed by atoms with Gasteiger partial charge in [0.25, 0.3) is 0 Å². The van der Waals surface area contributed by atoms with Crippen molar-refractivity contribution in [2.75, 3.05) is 13.7 Å². The molecule has 0 spiro atoms. The Morgan fingerprint density at radius 2 is 1.94 bits per heavy atom. The Balaban J connectivity index is 2.40. The van der Waals surface area contributed by atoms with Crippen molar-refractivity contribution in [3.05, 3.63) is 0 Å². The van der Waals surface area contributed by atoms with E-state index in [0.717, 1.165) is 19.3 Å². The maximum Gasteiger partial charge on any atom is 0.330 e. The average Bonchev–Trinajstić information content (AvgIpc) is 2.26. The lowest BCUT2D eigenvalue weighted by Gasteiger charge is -2.32. The highest BCUT2D eigenvalue weighted by atomic mass is 19.3. The van der Waals surface area contributed by atoms with Gasteiger partial charge in [0.05, 0.1) is 6.10 Å². The van der Waals surface area contributed by atoms with Crippen LogP contribution in [0.4, 0.5) is 17.6 Å². The molecule has 6 heteroatoms. The van der Waals surface area contributed by atoms with Gasteiger partial charge in [0.2, 0.25) is 0 Å². The third kappa shape index (κ3) is 3.59. The minimum atomic E-state index is -4.05. The van der Waals surface area contributed by atoms with Crippen LogP contribution in [-0.2, 0) is 4.74 Å². The number of hydrogen-bond acceptors (Lipinski definition) is 2. The van der Waals surface area contributed by atoms with Crippen LogP contribution in [-0.4, -0.2) is 38.1 Å². The molecule has 0 aromatic carbocycles.